The molecule has 1 amide bonds. The van der Waals surface area contributed by atoms with E-state index in [1.807, 2.05) is 51.2 Å². The summed E-state index contributed by atoms with van der Waals surface area (Å²) in [5.41, 5.74) is 5.84. The Balaban J connectivity index is 1.37. The van der Waals surface area contributed by atoms with Crippen molar-refractivity contribution in [3.8, 4) is 22.4 Å². The molecule has 3 aromatic carbocycles. The standard InChI is InChI=1S/C30H31N3O3S/c1-20(2)17-26(29(35)36)31-28(34)25-11-9-21(10-12-25)18-33(3)30-32-27(19-37-30)24-15-13-23(14-16-24)22-7-5-4-6-8-22/h4-16,19-20,26H,17-18H2,1-3H3,(H,31,34)(H,35,36). The lowest BCUT2D eigenvalue weighted by atomic mass is 10.0. The monoisotopic (exact) mass is 513 g/mol. The Labute approximate surface area is 221 Å². The molecular weight excluding hydrogens is 482 g/mol. The Hall–Kier alpha value is -3.97. The summed E-state index contributed by atoms with van der Waals surface area (Å²) in [6.45, 7) is 4.49. The minimum absolute atomic E-state index is 0.166. The van der Waals surface area contributed by atoms with E-state index >= 15 is 0 Å². The number of thiazole rings is 1. The van der Waals surface area contributed by atoms with Crippen LogP contribution in [0.5, 0.6) is 0 Å². The van der Waals surface area contributed by atoms with Gasteiger partial charge in [0.15, 0.2) is 5.13 Å². The van der Waals surface area contributed by atoms with Gasteiger partial charge in [-0.25, -0.2) is 9.78 Å². The number of benzene rings is 3. The van der Waals surface area contributed by atoms with Crippen LogP contribution in [0.15, 0.2) is 84.2 Å². The van der Waals surface area contributed by atoms with Gasteiger partial charge in [0.2, 0.25) is 0 Å². The summed E-state index contributed by atoms with van der Waals surface area (Å²) in [4.78, 5) is 30.9. The number of nitrogens with zero attached hydrogens (tertiary/aromatic N) is 2. The lowest BCUT2D eigenvalue weighted by molar-refractivity contribution is -0.139. The molecule has 37 heavy (non-hydrogen) atoms. The van der Waals surface area contributed by atoms with E-state index in [1.165, 1.54) is 11.1 Å². The van der Waals surface area contributed by atoms with Gasteiger partial charge in [-0.3, -0.25) is 4.79 Å². The first-order valence-electron chi connectivity index (χ1n) is 12.3. The molecule has 190 valence electrons. The van der Waals surface area contributed by atoms with E-state index in [4.69, 9.17) is 4.98 Å². The zero-order valence-corrected chi connectivity index (χ0v) is 22.0. The molecule has 0 bridgehead atoms. The molecule has 1 unspecified atom stereocenters. The van der Waals surface area contributed by atoms with Gasteiger partial charge in [-0.1, -0.05) is 80.6 Å². The zero-order valence-electron chi connectivity index (χ0n) is 21.2. The molecule has 0 saturated heterocycles. The number of rotatable bonds is 10. The van der Waals surface area contributed by atoms with Crippen LogP contribution in [0.25, 0.3) is 22.4 Å². The summed E-state index contributed by atoms with van der Waals surface area (Å²) in [5.74, 6) is -1.23. The summed E-state index contributed by atoms with van der Waals surface area (Å²) in [5, 5.41) is 15.0. The Bertz CT molecular complexity index is 1330. The van der Waals surface area contributed by atoms with Crippen molar-refractivity contribution in [1.82, 2.24) is 10.3 Å². The molecule has 0 aliphatic rings. The van der Waals surface area contributed by atoms with E-state index in [0.29, 0.717) is 18.5 Å². The van der Waals surface area contributed by atoms with Gasteiger partial charge in [0.1, 0.15) is 6.04 Å². The molecular formula is C30H31N3O3S. The average Bonchev–Trinajstić information content (AvgIpc) is 3.40. The van der Waals surface area contributed by atoms with Crippen LogP contribution in [0, 0.1) is 5.92 Å². The number of nitrogens with one attached hydrogen (secondary N) is 1. The maximum Gasteiger partial charge on any atom is 0.326 e. The highest BCUT2D eigenvalue weighted by molar-refractivity contribution is 7.14. The van der Waals surface area contributed by atoms with Crippen molar-refractivity contribution in [2.24, 2.45) is 5.92 Å². The first-order chi connectivity index (χ1) is 17.8. The smallest absolute Gasteiger partial charge is 0.326 e. The van der Waals surface area contributed by atoms with Crippen LogP contribution in [-0.4, -0.2) is 35.1 Å². The average molecular weight is 514 g/mol. The topological polar surface area (TPSA) is 82.5 Å². The summed E-state index contributed by atoms with van der Waals surface area (Å²) in [7, 11) is 1.99. The molecule has 1 aromatic heterocycles. The van der Waals surface area contributed by atoms with Crippen molar-refractivity contribution < 1.29 is 14.7 Å². The highest BCUT2D eigenvalue weighted by Crippen LogP contribution is 2.29. The van der Waals surface area contributed by atoms with Crippen molar-refractivity contribution in [2.45, 2.75) is 32.9 Å². The van der Waals surface area contributed by atoms with E-state index in [-0.39, 0.29) is 11.8 Å². The lowest BCUT2D eigenvalue weighted by Crippen LogP contribution is -2.41. The number of carboxylic acid groups (broad SMARTS) is 1. The summed E-state index contributed by atoms with van der Waals surface area (Å²) in [6.07, 6.45) is 0.386. The molecule has 0 saturated carbocycles. The number of amides is 1. The molecule has 4 aromatic rings. The summed E-state index contributed by atoms with van der Waals surface area (Å²) in [6, 6.07) is 25.1. The van der Waals surface area contributed by atoms with Gasteiger partial charge in [0.05, 0.1) is 5.69 Å². The van der Waals surface area contributed by atoms with Gasteiger partial charge in [0.25, 0.3) is 5.91 Å². The van der Waals surface area contributed by atoms with Crippen LogP contribution in [0.1, 0.15) is 36.2 Å². The van der Waals surface area contributed by atoms with Crippen LogP contribution in [0.4, 0.5) is 5.13 Å². The van der Waals surface area contributed by atoms with Gasteiger partial charge in [-0.15, -0.1) is 11.3 Å². The van der Waals surface area contributed by atoms with E-state index in [2.05, 4.69) is 52.0 Å². The second-order valence-corrected chi connectivity index (χ2v) is 10.3. The number of aliphatic carboxylic acids is 1. The predicted octanol–water partition coefficient (Wildman–Crippen LogP) is 6.34. The molecule has 4 rings (SSSR count). The highest BCUT2D eigenvalue weighted by atomic mass is 32.1. The quantitative estimate of drug-likeness (QED) is 0.258. The Morgan fingerprint density at radius 3 is 2.16 bits per heavy atom. The number of aromatic nitrogens is 1. The SMILES string of the molecule is CC(C)CC(NC(=O)c1ccc(CN(C)c2nc(-c3ccc(-c4ccccc4)cc3)cs2)cc1)C(=O)O. The molecule has 0 fully saturated rings. The van der Waals surface area contributed by atoms with Crippen LogP contribution >= 0.6 is 11.3 Å². The fourth-order valence-corrected chi connectivity index (χ4v) is 4.88. The third-order valence-electron chi connectivity index (χ3n) is 6.05. The molecule has 0 aliphatic carbocycles. The van der Waals surface area contributed by atoms with Crippen molar-refractivity contribution in [3.05, 3.63) is 95.4 Å². The Morgan fingerprint density at radius 1 is 0.919 bits per heavy atom. The molecule has 0 spiro atoms. The molecule has 0 aliphatic heterocycles. The zero-order chi connectivity index (χ0) is 26.4. The van der Waals surface area contributed by atoms with Crippen molar-refractivity contribution in [3.63, 3.8) is 0 Å². The first-order valence-corrected chi connectivity index (χ1v) is 13.1. The minimum atomic E-state index is -1.02. The normalized spacial score (nSPS) is 11.8. The van der Waals surface area contributed by atoms with E-state index < -0.39 is 12.0 Å². The highest BCUT2D eigenvalue weighted by Gasteiger charge is 2.21. The number of carbonyl (C=O) groups excluding carboxylic acids is 1. The lowest BCUT2D eigenvalue weighted by Gasteiger charge is -2.17. The molecule has 2 N–H and O–H groups in total. The van der Waals surface area contributed by atoms with Gasteiger partial charge >= 0.3 is 5.97 Å². The van der Waals surface area contributed by atoms with Gasteiger partial charge in [-0.2, -0.15) is 0 Å². The van der Waals surface area contributed by atoms with Crippen LogP contribution < -0.4 is 10.2 Å². The third-order valence-corrected chi connectivity index (χ3v) is 7.01. The third kappa shape index (κ3) is 6.83. The largest absolute Gasteiger partial charge is 0.480 e. The number of hydrogen-bond donors (Lipinski definition) is 2. The molecule has 0 radical (unpaired) electrons. The number of carboxylic acids is 1. The van der Waals surface area contributed by atoms with Gasteiger partial charge in [0, 0.05) is 30.1 Å². The van der Waals surface area contributed by atoms with Gasteiger partial charge < -0.3 is 15.3 Å². The number of hydrogen-bond acceptors (Lipinski definition) is 5. The first kappa shape index (κ1) is 26.1. The van der Waals surface area contributed by atoms with Gasteiger partial charge in [-0.05, 0) is 41.2 Å². The van der Waals surface area contributed by atoms with Crippen molar-refractivity contribution in [2.75, 3.05) is 11.9 Å². The van der Waals surface area contributed by atoms with Crippen molar-refractivity contribution >= 4 is 28.3 Å². The maximum absolute atomic E-state index is 12.5. The maximum atomic E-state index is 12.5. The molecule has 1 heterocycles. The second-order valence-electron chi connectivity index (χ2n) is 9.51. The Morgan fingerprint density at radius 2 is 1.54 bits per heavy atom. The Kier molecular flexibility index (Phi) is 8.36. The van der Waals surface area contributed by atoms with Crippen molar-refractivity contribution in [1.29, 1.82) is 0 Å². The summed E-state index contributed by atoms with van der Waals surface area (Å²) >= 11 is 1.59. The minimum Gasteiger partial charge on any atom is -0.480 e. The number of carbonyl (C=O) groups is 2. The van der Waals surface area contributed by atoms with E-state index in [0.717, 1.165) is 22.0 Å². The van der Waals surface area contributed by atoms with Crippen LogP contribution in [-0.2, 0) is 11.3 Å². The fraction of sp³-hybridized carbons (Fsp3) is 0.233. The van der Waals surface area contributed by atoms with E-state index in [9.17, 15) is 14.7 Å². The molecule has 6 nitrogen and oxygen atoms in total. The van der Waals surface area contributed by atoms with E-state index in [1.54, 1.807) is 23.5 Å². The molecule has 1 atom stereocenters. The fourth-order valence-electron chi connectivity index (χ4n) is 4.07. The molecule has 7 heteroatoms. The predicted molar refractivity (Wildman–Crippen MR) is 150 cm³/mol. The van der Waals surface area contributed by atoms with Crippen LogP contribution in [0.3, 0.4) is 0 Å². The van der Waals surface area contributed by atoms with Crippen LogP contribution in [0.2, 0.25) is 0 Å². The second kappa shape index (κ2) is 11.8. The number of anilines is 1. The summed E-state index contributed by atoms with van der Waals surface area (Å²) < 4.78 is 0.